The molecule has 1 aromatic rings. The second kappa shape index (κ2) is 4.65. The van der Waals surface area contributed by atoms with Crippen LogP contribution in [-0.4, -0.2) is 8.07 Å². The first-order valence-corrected chi connectivity index (χ1v) is 10.2. The summed E-state index contributed by atoms with van der Waals surface area (Å²) >= 11 is 1.58. The van der Waals surface area contributed by atoms with Crippen molar-refractivity contribution in [2.24, 2.45) is 0 Å². The Morgan fingerprint density at radius 3 is 2.65 bits per heavy atom. The average molecular weight is 256 g/mol. The van der Waals surface area contributed by atoms with Crippen molar-refractivity contribution in [1.82, 2.24) is 0 Å². The monoisotopic (exact) mass is 256 g/mol. The molecule has 2 heteroatoms. The van der Waals surface area contributed by atoms with E-state index in [-0.39, 0.29) is 0 Å². The molecule has 1 aliphatic rings. The summed E-state index contributed by atoms with van der Waals surface area (Å²) in [6.07, 6.45) is 0. The first-order chi connectivity index (χ1) is 7.98. The molecule has 0 radical (unpaired) electrons. The van der Waals surface area contributed by atoms with E-state index in [0.29, 0.717) is 5.54 Å². The molecular weight excluding hydrogens is 240 g/mol. The summed E-state index contributed by atoms with van der Waals surface area (Å²) in [6, 6.07) is 6.63. The van der Waals surface area contributed by atoms with Crippen molar-refractivity contribution in [2.45, 2.75) is 37.0 Å². The van der Waals surface area contributed by atoms with Crippen molar-refractivity contribution >= 4 is 19.8 Å². The third kappa shape index (κ3) is 2.78. The van der Waals surface area contributed by atoms with Crippen LogP contribution in [0.15, 0.2) is 23.1 Å². The Morgan fingerprint density at radius 2 is 1.94 bits per heavy atom. The summed E-state index contributed by atoms with van der Waals surface area (Å²) in [7, 11) is -1.14. The lowest BCUT2D eigenvalue weighted by molar-refractivity contribution is 1.01. The zero-order chi connectivity index (χ0) is 12.5. The van der Waals surface area contributed by atoms with Gasteiger partial charge in [0, 0.05) is 10.5 Å². The zero-order valence-corrected chi connectivity index (χ0v) is 12.5. The Kier molecular flexibility index (Phi) is 3.38. The highest BCUT2D eigenvalue weighted by Crippen LogP contribution is 2.31. The van der Waals surface area contributed by atoms with Gasteiger partial charge in [0.15, 0.2) is 0 Å². The maximum atomic E-state index is 3.10. The lowest BCUT2D eigenvalue weighted by Gasteiger charge is -2.26. The molecular formula is C15H16SSi. The van der Waals surface area contributed by atoms with Crippen LogP contribution in [0.4, 0.5) is 0 Å². The summed E-state index contributed by atoms with van der Waals surface area (Å²) in [5, 5.41) is 3.01. The van der Waals surface area contributed by atoms with Crippen LogP contribution in [0.1, 0.15) is 23.6 Å². The third-order valence-corrected chi connectivity index (χ3v) is 6.97. The molecule has 0 spiro atoms. The van der Waals surface area contributed by atoms with Crippen molar-refractivity contribution in [2.75, 3.05) is 0 Å². The van der Waals surface area contributed by atoms with Crippen molar-refractivity contribution in [3.63, 3.8) is 0 Å². The normalized spacial score (nSPS) is 14.6. The maximum Gasteiger partial charge on any atom is 0.0518 e. The molecule has 0 N–H and O–H groups in total. The molecule has 0 aromatic heterocycles. The van der Waals surface area contributed by atoms with E-state index >= 15 is 0 Å². The fourth-order valence-electron chi connectivity index (χ4n) is 1.70. The second-order valence-electron chi connectivity index (χ2n) is 5.42. The third-order valence-electron chi connectivity index (χ3n) is 3.28. The van der Waals surface area contributed by atoms with Gasteiger partial charge in [0.25, 0.3) is 0 Å². The lowest BCUT2D eigenvalue weighted by Crippen LogP contribution is -2.28. The Bertz CT molecular complexity index is 559. The maximum absolute atomic E-state index is 3.10. The highest BCUT2D eigenvalue weighted by Gasteiger charge is 2.24. The minimum atomic E-state index is -1.14. The van der Waals surface area contributed by atoms with Gasteiger partial charge in [-0.05, 0) is 52.1 Å². The zero-order valence-electron chi connectivity index (χ0n) is 10.7. The molecule has 1 heterocycles. The molecule has 0 saturated heterocycles. The smallest absolute Gasteiger partial charge is 0.0518 e. The molecule has 0 amide bonds. The Labute approximate surface area is 109 Å². The molecule has 0 fully saturated rings. The number of benzene rings is 1. The van der Waals surface area contributed by atoms with Gasteiger partial charge in [-0.1, -0.05) is 38.6 Å². The molecule has 1 atom stereocenters. The summed E-state index contributed by atoms with van der Waals surface area (Å²) in [5.74, 6) is 8.79. The van der Waals surface area contributed by atoms with Gasteiger partial charge in [-0.25, -0.2) is 0 Å². The highest BCUT2D eigenvalue weighted by atomic mass is 32.2. The molecule has 86 valence electrons. The van der Waals surface area contributed by atoms with E-state index in [1.54, 1.807) is 11.8 Å². The molecule has 0 nitrogen and oxygen atoms in total. The summed E-state index contributed by atoms with van der Waals surface area (Å²) in [6.45, 7) is 9.58. The number of thioether (sulfide) groups is 1. The van der Waals surface area contributed by atoms with E-state index < -0.39 is 8.07 Å². The van der Waals surface area contributed by atoms with E-state index in [1.165, 1.54) is 10.5 Å². The molecule has 2 rings (SSSR count). The minimum absolute atomic E-state index is 0.664. The van der Waals surface area contributed by atoms with Crippen molar-refractivity contribution < 1.29 is 0 Å². The summed E-state index contributed by atoms with van der Waals surface area (Å²) in [5.41, 5.74) is 3.19. The molecule has 0 bridgehead atoms. The van der Waals surface area contributed by atoms with E-state index in [0.717, 1.165) is 5.56 Å². The lowest BCUT2D eigenvalue weighted by atomic mass is 10.1. The topological polar surface area (TPSA) is 0 Å². The SMILES string of the molecule is CC(c1ccc2c(c1)SC#CC#C2)[Si](C)(C)C. The van der Waals surface area contributed by atoms with Crippen molar-refractivity contribution in [3.8, 4) is 23.0 Å². The van der Waals surface area contributed by atoms with E-state index in [1.807, 2.05) is 0 Å². The predicted octanol–water partition coefficient (Wildman–Crippen LogP) is 4.09. The van der Waals surface area contributed by atoms with Crippen LogP contribution >= 0.6 is 11.8 Å². The molecule has 17 heavy (non-hydrogen) atoms. The van der Waals surface area contributed by atoms with Gasteiger partial charge in [-0.3, -0.25) is 0 Å². The number of hydrogen-bond donors (Lipinski definition) is 0. The summed E-state index contributed by atoms with van der Waals surface area (Å²) in [4.78, 5) is 1.21. The Balaban J connectivity index is 2.40. The van der Waals surface area contributed by atoms with Crippen LogP contribution in [0.2, 0.25) is 19.6 Å². The van der Waals surface area contributed by atoms with Gasteiger partial charge in [-0.2, -0.15) is 0 Å². The Hall–Kier alpha value is -1.09. The van der Waals surface area contributed by atoms with Gasteiger partial charge >= 0.3 is 0 Å². The first kappa shape index (κ1) is 12.4. The van der Waals surface area contributed by atoms with Crippen LogP contribution in [0.3, 0.4) is 0 Å². The fourth-order valence-corrected chi connectivity index (χ4v) is 3.52. The minimum Gasteiger partial charge on any atom is -0.0691 e. The van der Waals surface area contributed by atoms with E-state index in [9.17, 15) is 0 Å². The highest BCUT2D eigenvalue weighted by molar-refractivity contribution is 8.04. The van der Waals surface area contributed by atoms with Crippen LogP contribution in [-0.2, 0) is 0 Å². The van der Waals surface area contributed by atoms with Gasteiger partial charge in [-0.15, -0.1) is 0 Å². The van der Waals surface area contributed by atoms with Gasteiger partial charge in [0.1, 0.15) is 0 Å². The number of hydrogen-bond acceptors (Lipinski definition) is 1. The van der Waals surface area contributed by atoms with E-state index in [4.69, 9.17) is 0 Å². The number of fused-ring (bicyclic) bond motifs is 1. The van der Waals surface area contributed by atoms with Gasteiger partial charge in [0.2, 0.25) is 0 Å². The largest absolute Gasteiger partial charge is 0.0691 e. The number of rotatable bonds is 2. The fraction of sp³-hybridized carbons (Fsp3) is 0.333. The van der Waals surface area contributed by atoms with Crippen LogP contribution in [0.25, 0.3) is 0 Å². The first-order valence-electron chi connectivity index (χ1n) is 5.80. The Morgan fingerprint density at radius 1 is 1.18 bits per heavy atom. The van der Waals surface area contributed by atoms with Crippen LogP contribution < -0.4 is 0 Å². The van der Waals surface area contributed by atoms with Gasteiger partial charge in [0.05, 0.1) is 8.07 Å². The van der Waals surface area contributed by atoms with Crippen molar-refractivity contribution in [3.05, 3.63) is 29.3 Å². The van der Waals surface area contributed by atoms with E-state index in [2.05, 4.69) is 67.8 Å². The molecule has 0 saturated carbocycles. The standard InChI is InChI=1S/C15H16SSi/c1-12(17(2,3)4)14-9-8-13-7-5-6-10-16-15(13)11-14/h8-9,11-12H,1-4H3. The molecule has 1 unspecified atom stereocenters. The van der Waals surface area contributed by atoms with Crippen LogP contribution in [0, 0.1) is 23.0 Å². The van der Waals surface area contributed by atoms with Crippen molar-refractivity contribution in [1.29, 1.82) is 0 Å². The van der Waals surface area contributed by atoms with Crippen LogP contribution in [0.5, 0.6) is 0 Å². The predicted molar refractivity (Wildman–Crippen MR) is 78.7 cm³/mol. The second-order valence-corrected chi connectivity index (χ2v) is 11.9. The summed E-state index contributed by atoms with van der Waals surface area (Å²) < 4.78 is 0. The molecule has 1 aromatic carbocycles. The molecule has 1 aliphatic heterocycles. The average Bonchev–Trinajstić information content (AvgIpc) is 2.50. The quantitative estimate of drug-likeness (QED) is 0.567. The van der Waals surface area contributed by atoms with Gasteiger partial charge < -0.3 is 0 Å². The molecule has 0 aliphatic carbocycles.